The largest absolute Gasteiger partial charge is 0.479 e. The van der Waals surface area contributed by atoms with Crippen LogP contribution in [0.4, 0.5) is 0 Å². The molecule has 0 radical (unpaired) electrons. The maximum atomic E-state index is 5.16. The number of allylic oxidation sites excluding steroid dienone is 1. The molecule has 0 aliphatic heterocycles. The van der Waals surface area contributed by atoms with Crippen molar-refractivity contribution >= 4 is 5.90 Å². The number of unbranched alkanes of at least 4 members (excludes halogenated alkanes) is 7. The molecule has 0 amide bonds. The Bertz CT molecular complexity index is 215. The van der Waals surface area contributed by atoms with Gasteiger partial charge in [0.15, 0.2) is 0 Å². The molecule has 3 heteroatoms. The lowest BCUT2D eigenvalue weighted by molar-refractivity contribution is 0.128. The smallest absolute Gasteiger partial charge is 0.222 e. The number of hydrogen-bond donors (Lipinski definition) is 0. The minimum absolute atomic E-state index is 0.611. The molecule has 106 valence electrons. The highest BCUT2D eigenvalue weighted by atomic mass is 16.6. The second kappa shape index (κ2) is 14.1. The summed E-state index contributed by atoms with van der Waals surface area (Å²) in [5.74, 6) is 0.611. The van der Waals surface area contributed by atoms with Gasteiger partial charge in [0.05, 0.1) is 6.61 Å². The molecule has 0 aromatic rings. The van der Waals surface area contributed by atoms with E-state index in [0.717, 1.165) is 12.8 Å². The highest BCUT2D eigenvalue weighted by Gasteiger charge is 1.93. The summed E-state index contributed by atoms with van der Waals surface area (Å²) in [5.41, 5.74) is 0. The molecule has 0 aromatic heterocycles. The zero-order valence-electron chi connectivity index (χ0n) is 12.1. The van der Waals surface area contributed by atoms with Crippen molar-refractivity contribution in [1.29, 1.82) is 0 Å². The van der Waals surface area contributed by atoms with Crippen molar-refractivity contribution in [2.45, 2.75) is 65.2 Å². The van der Waals surface area contributed by atoms with Gasteiger partial charge in [-0.15, -0.1) is 6.58 Å². The van der Waals surface area contributed by atoms with E-state index in [9.17, 15) is 0 Å². The lowest BCUT2D eigenvalue weighted by Crippen LogP contribution is -2.00. The van der Waals surface area contributed by atoms with Crippen LogP contribution < -0.4 is 0 Å². The molecule has 0 aromatic carbocycles. The summed E-state index contributed by atoms with van der Waals surface area (Å²) >= 11 is 0. The summed E-state index contributed by atoms with van der Waals surface area (Å²) in [6.07, 6.45) is 12.1. The number of ether oxygens (including phenoxy) is 1. The number of oxime groups is 1. The molecule has 0 heterocycles. The van der Waals surface area contributed by atoms with E-state index in [-0.39, 0.29) is 0 Å². The number of rotatable bonds is 12. The van der Waals surface area contributed by atoms with Crippen LogP contribution in [0.1, 0.15) is 65.2 Å². The van der Waals surface area contributed by atoms with Crippen molar-refractivity contribution in [3.05, 3.63) is 12.7 Å². The molecule has 0 rings (SSSR count). The normalized spacial score (nSPS) is 11.3. The van der Waals surface area contributed by atoms with Crippen LogP contribution in [0, 0.1) is 0 Å². The van der Waals surface area contributed by atoms with Gasteiger partial charge in [0, 0.05) is 6.92 Å². The molecule has 0 N–H and O–H groups in total. The van der Waals surface area contributed by atoms with E-state index in [0.29, 0.717) is 19.1 Å². The fourth-order valence-corrected chi connectivity index (χ4v) is 1.71. The Balaban J connectivity index is 3.11. The fraction of sp³-hybridized carbons (Fsp3) is 0.800. The van der Waals surface area contributed by atoms with Crippen LogP contribution in [-0.4, -0.2) is 19.1 Å². The van der Waals surface area contributed by atoms with Crippen LogP contribution >= 0.6 is 0 Å². The molecular formula is C15H29NO2. The van der Waals surface area contributed by atoms with Crippen molar-refractivity contribution in [3.63, 3.8) is 0 Å². The van der Waals surface area contributed by atoms with Crippen LogP contribution in [-0.2, 0) is 9.57 Å². The van der Waals surface area contributed by atoms with Gasteiger partial charge in [0.1, 0.15) is 6.61 Å². The Labute approximate surface area is 112 Å². The molecule has 0 saturated carbocycles. The lowest BCUT2D eigenvalue weighted by atomic mass is 10.1. The summed E-state index contributed by atoms with van der Waals surface area (Å²) in [5, 5.41) is 3.87. The standard InChI is InChI=1S/C15H29NO2/c1-4-6-7-8-9-10-11-12-13-14-18-16-15(3)17-5-2/h4H,1,5-14H2,2-3H3. The molecule has 18 heavy (non-hydrogen) atoms. The third-order valence-corrected chi connectivity index (χ3v) is 2.69. The SMILES string of the molecule is C=CCCCCCCCCCON=C(C)OCC. The van der Waals surface area contributed by atoms with Crippen molar-refractivity contribution in [3.8, 4) is 0 Å². The van der Waals surface area contributed by atoms with Gasteiger partial charge in [-0.05, 0) is 32.6 Å². The molecule has 0 aliphatic rings. The Kier molecular flexibility index (Phi) is 13.3. The predicted molar refractivity (Wildman–Crippen MR) is 77.8 cm³/mol. The minimum atomic E-state index is 0.611. The van der Waals surface area contributed by atoms with Gasteiger partial charge >= 0.3 is 0 Å². The average Bonchev–Trinajstić information content (AvgIpc) is 2.36. The highest BCUT2D eigenvalue weighted by molar-refractivity contribution is 5.72. The molecular weight excluding hydrogens is 226 g/mol. The van der Waals surface area contributed by atoms with E-state index in [1.54, 1.807) is 0 Å². The Morgan fingerprint density at radius 1 is 1.06 bits per heavy atom. The van der Waals surface area contributed by atoms with Gasteiger partial charge in [-0.25, -0.2) is 0 Å². The first-order valence-electron chi connectivity index (χ1n) is 7.21. The van der Waals surface area contributed by atoms with Gasteiger partial charge in [0.2, 0.25) is 5.90 Å². The van der Waals surface area contributed by atoms with E-state index in [4.69, 9.17) is 9.57 Å². The van der Waals surface area contributed by atoms with E-state index >= 15 is 0 Å². The van der Waals surface area contributed by atoms with E-state index < -0.39 is 0 Å². The van der Waals surface area contributed by atoms with Crippen LogP contribution in [0.5, 0.6) is 0 Å². The summed E-state index contributed by atoms with van der Waals surface area (Å²) in [4.78, 5) is 5.16. The first-order chi connectivity index (χ1) is 8.81. The van der Waals surface area contributed by atoms with Crippen LogP contribution in [0.3, 0.4) is 0 Å². The maximum Gasteiger partial charge on any atom is 0.222 e. The minimum Gasteiger partial charge on any atom is -0.479 e. The molecule has 0 fully saturated rings. The summed E-state index contributed by atoms with van der Waals surface area (Å²) < 4.78 is 5.15. The van der Waals surface area contributed by atoms with Crippen molar-refractivity contribution < 1.29 is 9.57 Å². The van der Waals surface area contributed by atoms with Gasteiger partial charge in [-0.3, -0.25) is 0 Å². The van der Waals surface area contributed by atoms with Crippen LogP contribution in [0.25, 0.3) is 0 Å². The predicted octanol–water partition coefficient (Wildman–Crippen LogP) is 4.68. The van der Waals surface area contributed by atoms with Gasteiger partial charge in [-0.1, -0.05) is 36.9 Å². The van der Waals surface area contributed by atoms with E-state index in [1.165, 1.54) is 38.5 Å². The van der Waals surface area contributed by atoms with Crippen molar-refractivity contribution in [2.24, 2.45) is 5.16 Å². The van der Waals surface area contributed by atoms with E-state index in [2.05, 4.69) is 11.7 Å². The van der Waals surface area contributed by atoms with Crippen LogP contribution in [0.15, 0.2) is 17.8 Å². The fourth-order valence-electron chi connectivity index (χ4n) is 1.71. The number of nitrogens with zero attached hydrogens (tertiary/aromatic N) is 1. The third kappa shape index (κ3) is 13.1. The molecule has 0 spiro atoms. The molecule has 0 saturated heterocycles. The first-order valence-corrected chi connectivity index (χ1v) is 7.21. The first kappa shape index (κ1) is 17.0. The Morgan fingerprint density at radius 3 is 2.28 bits per heavy atom. The van der Waals surface area contributed by atoms with Gasteiger partial charge in [-0.2, -0.15) is 0 Å². The van der Waals surface area contributed by atoms with Gasteiger partial charge in [0.25, 0.3) is 0 Å². The second-order valence-electron chi connectivity index (χ2n) is 4.43. The number of hydrogen-bond acceptors (Lipinski definition) is 3. The Hall–Kier alpha value is -0.990. The quantitative estimate of drug-likeness (QED) is 0.167. The highest BCUT2D eigenvalue weighted by Crippen LogP contribution is 2.08. The Morgan fingerprint density at radius 2 is 1.67 bits per heavy atom. The average molecular weight is 255 g/mol. The zero-order valence-corrected chi connectivity index (χ0v) is 12.1. The lowest BCUT2D eigenvalue weighted by Gasteiger charge is -2.03. The maximum absolute atomic E-state index is 5.16. The van der Waals surface area contributed by atoms with Crippen molar-refractivity contribution in [1.82, 2.24) is 0 Å². The summed E-state index contributed by atoms with van der Waals surface area (Å²) in [6.45, 7) is 8.82. The molecule has 0 unspecified atom stereocenters. The second-order valence-corrected chi connectivity index (χ2v) is 4.43. The van der Waals surface area contributed by atoms with Crippen molar-refractivity contribution in [2.75, 3.05) is 13.2 Å². The summed E-state index contributed by atoms with van der Waals surface area (Å²) in [6, 6.07) is 0. The van der Waals surface area contributed by atoms with Gasteiger partial charge < -0.3 is 9.57 Å². The molecule has 3 nitrogen and oxygen atoms in total. The molecule has 0 aliphatic carbocycles. The van der Waals surface area contributed by atoms with Crippen LogP contribution in [0.2, 0.25) is 0 Å². The molecule has 0 bridgehead atoms. The van der Waals surface area contributed by atoms with E-state index in [1.807, 2.05) is 19.9 Å². The zero-order chi connectivity index (χ0) is 13.5. The topological polar surface area (TPSA) is 30.8 Å². The summed E-state index contributed by atoms with van der Waals surface area (Å²) in [7, 11) is 0. The molecule has 0 atom stereocenters. The monoisotopic (exact) mass is 255 g/mol. The third-order valence-electron chi connectivity index (χ3n) is 2.69.